The maximum atomic E-state index is 12.9. The Hall–Kier alpha value is -2.52. The minimum atomic E-state index is -4.81. The molecule has 2 aromatic carbocycles. The number of hydrogen-bond acceptors (Lipinski definition) is 2. The molecular formula is C16H11F3O2. The smallest absolute Gasteiger partial charge is 0.427 e. The van der Waals surface area contributed by atoms with Crippen LogP contribution in [0.2, 0.25) is 0 Å². The minimum absolute atomic E-state index is 0.130. The molecule has 0 atom stereocenters. The van der Waals surface area contributed by atoms with Crippen molar-refractivity contribution in [1.29, 1.82) is 0 Å². The first-order valence-corrected chi connectivity index (χ1v) is 6.06. The van der Waals surface area contributed by atoms with Crippen molar-refractivity contribution in [1.82, 2.24) is 0 Å². The number of benzene rings is 2. The molecule has 0 unspecified atom stereocenters. The van der Waals surface area contributed by atoms with Gasteiger partial charge in [0, 0.05) is 11.1 Å². The van der Waals surface area contributed by atoms with Gasteiger partial charge in [-0.1, -0.05) is 36.4 Å². The zero-order valence-electron chi connectivity index (χ0n) is 11.0. The van der Waals surface area contributed by atoms with E-state index in [4.69, 9.17) is 0 Å². The Balaban J connectivity index is 2.70. The third-order valence-corrected chi connectivity index (χ3v) is 3.03. The third-order valence-electron chi connectivity index (χ3n) is 3.03. The fraction of sp³-hybridized carbons (Fsp3) is 0.125. The quantitative estimate of drug-likeness (QED) is 0.844. The first-order valence-electron chi connectivity index (χ1n) is 6.06. The molecule has 0 radical (unpaired) electrons. The molecule has 0 amide bonds. The first kappa shape index (κ1) is 14.9. The van der Waals surface area contributed by atoms with E-state index in [-0.39, 0.29) is 22.4 Å². The summed E-state index contributed by atoms with van der Waals surface area (Å²) >= 11 is 0. The maximum Gasteiger partial charge on any atom is 0.427 e. The van der Waals surface area contributed by atoms with Gasteiger partial charge < -0.3 is 5.11 Å². The van der Waals surface area contributed by atoms with Crippen molar-refractivity contribution in [2.24, 2.45) is 0 Å². The van der Waals surface area contributed by atoms with E-state index in [1.807, 2.05) is 0 Å². The van der Waals surface area contributed by atoms with E-state index in [9.17, 15) is 23.1 Å². The van der Waals surface area contributed by atoms with Crippen molar-refractivity contribution in [3.63, 3.8) is 0 Å². The van der Waals surface area contributed by atoms with Crippen LogP contribution in [0.5, 0.6) is 5.75 Å². The second kappa shape index (κ2) is 5.46. The summed E-state index contributed by atoms with van der Waals surface area (Å²) in [6.07, 6.45) is -4.81. The Labute approximate surface area is 119 Å². The van der Waals surface area contributed by atoms with Crippen LogP contribution >= 0.6 is 0 Å². The Kier molecular flexibility index (Phi) is 3.87. The van der Waals surface area contributed by atoms with Crippen molar-refractivity contribution in [2.45, 2.75) is 13.1 Å². The number of allylic oxidation sites excluding steroid dienone is 1. The molecule has 21 heavy (non-hydrogen) atoms. The summed E-state index contributed by atoms with van der Waals surface area (Å²) in [5, 5.41) is 9.94. The third kappa shape index (κ3) is 2.98. The zero-order chi connectivity index (χ0) is 15.6. The molecule has 0 aromatic heterocycles. The van der Waals surface area contributed by atoms with Crippen molar-refractivity contribution < 1.29 is 23.1 Å². The molecule has 0 bridgehead atoms. The Bertz CT molecular complexity index is 727. The van der Waals surface area contributed by atoms with Crippen LogP contribution in [0.4, 0.5) is 13.2 Å². The van der Waals surface area contributed by atoms with Gasteiger partial charge in [0.05, 0.1) is 0 Å². The van der Waals surface area contributed by atoms with Gasteiger partial charge in [-0.3, -0.25) is 0 Å². The number of phenolic OH excluding ortho intramolecular Hbond substituents is 1. The number of hydrogen-bond donors (Lipinski definition) is 1. The molecule has 2 rings (SSSR count). The van der Waals surface area contributed by atoms with E-state index >= 15 is 0 Å². The van der Waals surface area contributed by atoms with Gasteiger partial charge >= 0.3 is 6.18 Å². The molecule has 1 N–H and O–H groups in total. The highest BCUT2D eigenvalue weighted by molar-refractivity contribution is 5.96. The molecule has 0 aliphatic heterocycles. The van der Waals surface area contributed by atoms with E-state index in [0.29, 0.717) is 0 Å². The highest BCUT2D eigenvalue weighted by atomic mass is 19.4. The number of rotatable bonds is 2. The average molecular weight is 292 g/mol. The summed E-state index contributed by atoms with van der Waals surface area (Å²) in [4.78, 5) is 10.7. The van der Waals surface area contributed by atoms with E-state index in [1.54, 1.807) is 13.0 Å². The summed E-state index contributed by atoms with van der Waals surface area (Å²) < 4.78 is 38.7. The molecule has 0 fully saturated rings. The van der Waals surface area contributed by atoms with Gasteiger partial charge in [-0.25, -0.2) is 4.79 Å². The fourth-order valence-corrected chi connectivity index (χ4v) is 2.07. The number of phenols is 1. The summed E-state index contributed by atoms with van der Waals surface area (Å²) in [6, 6.07) is 10.2. The average Bonchev–Trinajstić information content (AvgIpc) is 2.39. The predicted molar refractivity (Wildman–Crippen MR) is 73.4 cm³/mol. The Morgan fingerprint density at radius 3 is 2.33 bits per heavy atom. The predicted octanol–water partition coefficient (Wildman–Crippen LogP) is 4.14. The number of alkyl halides is 3. The standard InChI is InChI=1S/C16H11F3O2/c1-10-6-7-13(15(21)8-10)11-4-2-3-5-12(11)14(9-20)16(17,18)19/h2-8,21H,1H3. The molecule has 0 aliphatic rings. The van der Waals surface area contributed by atoms with E-state index < -0.39 is 11.7 Å². The molecule has 0 aliphatic carbocycles. The molecule has 108 valence electrons. The van der Waals surface area contributed by atoms with Gasteiger partial charge in [0.1, 0.15) is 17.3 Å². The van der Waals surface area contributed by atoms with Crippen LogP contribution in [0.3, 0.4) is 0 Å². The molecule has 2 nitrogen and oxygen atoms in total. The highest BCUT2D eigenvalue weighted by Crippen LogP contribution is 2.39. The molecule has 0 saturated heterocycles. The molecular weight excluding hydrogens is 281 g/mol. The van der Waals surface area contributed by atoms with Crippen LogP contribution in [0.25, 0.3) is 16.7 Å². The second-order valence-electron chi connectivity index (χ2n) is 4.54. The lowest BCUT2D eigenvalue weighted by molar-refractivity contribution is -0.0680. The monoisotopic (exact) mass is 292 g/mol. The van der Waals surface area contributed by atoms with Crippen LogP contribution in [0.1, 0.15) is 11.1 Å². The number of aryl methyl sites for hydroxylation is 1. The minimum Gasteiger partial charge on any atom is -0.507 e. The van der Waals surface area contributed by atoms with E-state index in [0.717, 1.165) is 11.5 Å². The lowest BCUT2D eigenvalue weighted by Crippen LogP contribution is -2.12. The van der Waals surface area contributed by atoms with E-state index in [1.165, 1.54) is 36.4 Å². The lowest BCUT2D eigenvalue weighted by atomic mass is 9.94. The van der Waals surface area contributed by atoms with Crippen molar-refractivity contribution in [3.8, 4) is 16.9 Å². The first-order chi connectivity index (χ1) is 9.84. The Morgan fingerprint density at radius 1 is 1.10 bits per heavy atom. The largest absolute Gasteiger partial charge is 0.507 e. The number of halogens is 3. The van der Waals surface area contributed by atoms with Gasteiger partial charge in [0.2, 0.25) is 0 Å². The fourth-order valence-electron chi connectivity index (χ4n) is 2.07. The van der Waals surface area contributed by atoms with Gasteiger partial charge in [-0.05, 0) is 24.1 Å². The van der Waals surface area contributed by atoms with Crippen LogP contribution in [-0.2, 0) is 4.79 Å². The summed E-state index contributed by atoms with van der Waals surface area (Å²) in [6.45, 7) is 1.75. The summed E-state index contributed by atoms with van der Waals surface area (Å²) in [5.74, 6) is 0.816. The van der Waals surface area contributed by atoms with Crippen molar-refractivity contribution in [2.75, 3.05) is 0 Å². The number of aromatic hydroxyl groups is 1. The zero-order valence-corrected chi connectivity index (χ0v) is 11.0. The summed E-state index contributed by atoms with van der Waals surface area (Å²) in [5.41, 5.74) is -0.563. The number of carbonyl (C=O) groups excluding carboxylic acids is 1. The lowest BCUT2D eigenvalue weighted by Gasteiger charge is -2.14. The Morgan fingerprint density at radius 2 is 1.76 bits per heavy atom. The van der Waals surface area contributed by atoms with Gasteiger partial charge in [-0.15, -0.1) is 0 Å². The van der Waals surface area contributed by atoms with Crippen molar-refractivity contribution in [3.05, 3.63) is 53.6 Å². The normalized spacial score (nSPS) is 11.0. The van der Waals surface area contributed by atoms with Crippen LogP contribution in [-0.4, -0.2) is 17.2 Å². The SMILES string of the molecule is Cc1ccc(-c2ccccc2C(=C=O)C(F)(F)F)c(O)c1. The summed E-state index contributed by atoms with van der Waals surface area (Å²) in [7, 11) is 0. The second-order valence-corrected chi connectivity index (χ2v) is 4.54. The highest BCUT2D eigenvalue weighted by Gasteiger charge is 2.37. The molecule has 0 saturated carbocycles. The molecule has 0 heterocycles. The molecule has 5 heteroatoms. The maximum absolute atomic E-state index is 12.9. The van der Waals surface area contributed by atoms with Crippen LogP contribution < -0.4 is 0 Å². The van der Waals surface area contributed by atoms with Crippen LogP contribution in [0.15, 0.2) is 42.5 Å². The van der Waals surface area contributed by atoms with Gasteiger partial charge in [-0.2, -0.15) is 13.2 Å². The molecule has 0 spiro atoms. The van der Waals surface area contributed by atoms with Gasteiger partial charge in [0.15, 0.2) is 0 Å². The van der Waals surface area contributed by atoms with Gasteiger partial charge in [0.25, 0.3) is 0 Å². The molecule has 2 aromatic rings. The van der Waals surface area contributed by atoms with Crippen LogP contribution in [0, 0.1) is 6.92 Å². The van der Waals surface area contributed by atoms with Crippen molar-refractivity contribution >= 4 is 11.5 Å². The van der Waals surface area contributed by atoms with E-state index in [2.05, 4.69) is 0 Å². The topological polar surface area (TPSA) is 37.3 Å².